The maximum Gasteiger partial charge on any atom is 0.328 e. The Balaban J connectivity index is 1.34. The average molecular weight is 683 g/mol. The molecule has 0 spiro atoms. The van der Waals surface area contributed by atoms with E-state index < -0.39 is 70.5 Å². The molecule has 3 aromatic rings. The van der Waals surface area contributed by atoms with E-state index in [4.69, 9.17) is 22.1 Å². The fourth-order valence-electron chi connectivity index (χ4n) is 8.69. The molecule has 2 saturated heterocycles. The fourth-order valence-corrected chi connectivity index (χ4v) is 8.81. The van der Waals surface area contributed by atoms with Crippen molar-refractivity contribution in [3.05, 3.63) is 112 Å². The zero-order chi connectivity index (χ0) is 34.4. The predicted octanol–water partition coefficient (Wildman–Crippen LogP) is 4.60. The Morgan fingerprint density at radius 1 is 0.980 bits per heavy atom. The van der Waals surface area contributed by atoms with Gasteiger partial charge in [0.05, 0.1) is 35.1 Å². The number of nitrogens with one attached hydrogen (secondary N) is 1. The van der Waals surface area contributed by atoms with E-state index in [0.29, 0.717) is 43.6 Å². The molecule has 5 aliphatic rings. The maximum atomic E-state index is 15.2. The summed E-state index contributed by atoms with van der Waals surface area (Å²) in [7, 11) is 0. The van der Waals surface area contributed by atoms with E-state index in [0.717, 1.165) is 5.01 Å². The number of nitrogens with two attached hydrogens (primary N) is 1. The van der Waals surface area contributed by atoms with Gasteiger partial charge in [0.1, 0.15) is 17.3 Å². The number of amides is 6. The van der Waals surface area contributed by atoms with Crippen molar-refractivity contribution in [3.8, 4) is 11.5 Å². The lowest BCUT2D eigenvalue weighted by atomic mass is 9.48. The molecule has 8 rings (SSSR count). The van der Waals surface area contributed by atoms with Gasteiger partial charge in [0.15, 0.2) is 0 Å². The minimum absolute atomic E-state index is 0.00453. The molecule has 2 aliphatic carbocycles. The number of nitrogens with zero attached hydrogens (tertiary/aromatic N) is 2. The van der Waals surface area contributed by atoms with Crippen molar-refractivity contribution in [2.24, 2.45) is 35.3 Å². The van der Waals surface area contributed by atoms with Crippen molar-refractivity contribution in [2.75, 3.05) is 5.43 Å². The van der Waals surface area contributed by atoms with Crippen LogP contribution < -0.4 is 15.9 Å². The molecule has 49 heavy (non-hydrogen) atoms. The molecule has 1 saturated carbocycles. The van der Waals surface area contributed by atoms with Crippen molar-refractivity contribution in [1.82, 2.24) is 9.91 Å². The van der Waals surface area contributed by atoms with E-state index in [9.17, 15) is 28.7 Å². The number of hydrogen-bond donors (Lipinski definition) is 3. The first-order valence-corrected chi connectivity index (χ1v) is 16.1. The lowest BCUT2D eigenvalue weighted by Crippen LogP contribution is -2.55. The monoisotopic (exact) mass is 682 g/mol. The highest BCUT2D eigenvalue weighted by molar-refractivity contribution is 6.30. The normalized spacial score (nSPS) is 28.6. The number of carbonyl (C=O) groups excluding carboxylic acids is 5. The topological polar surface area (TPSA) is 159 Å². The van der Waals surface area contributed by atoms with E-state index >= 15 is 4.79 Å². The second-order valence-corrected chi connectivity index (χ2v) is 13.4. The number of carbonyl (C=O) groups is 5. The van der Waals surface area contributed by atoms with Gasteiger partial charge in [0.25, 0.3) is 11.8 Å². The fraction of sp³-hybridized carbons (Fsp3) is 0.250. The van der Waals surface area contributed by atoms with Gasteiger partial charge in [-0.2, -0.15) is 9.91 Å². The molecule has 248 valence electrons. The number of anilines is 1. The van der Waals surface area contributed by atoms with Gasteiger partial charge in [-0.05, 0) is 84.5 Å². The third-order valence-corrected chi connectivity index (χ3v) is 10.9. The average Bonchev–Trinajstić information content (AvgIpc) is 3.46. The highest BCUT2D eigenvalue weighted by Gasteiger charge is 2.71. The number of primary amides is 1. The predicted molar refractivity (Wildman–Crippen MR) is 172 cm³/mol. The van der Waals surface area contributed by atoms with Crippen molar-refractivity contribution in [2.45, 2.75) is 24.7 Å². The quantitative estimate of drug-likeness (QED) is 0.266. The number of halogens is 2. The largest absolute Gasteiger partial charge is 0.508 e. The van der Waals surface area contributed by atoms with Crippen molar-refractivity contribution in [1.29, 1.82) is 0 Å². The van der Waals surface area contributed by atoms with Crippen LogP contribution in [0.4, 0.5) is 14.9 Å². The third-order valence-electron chi connectivity index (χ3n) is 10.6. The van der Waals surface area contributed by atoms with E-state index in [1.54, 1.807) is 42.7 Å². The molecular weight excluding hydrogens is 655 g/mol. The zero-order valence-corrected chi connectivity index (χ0v) is 26.4. The molecule has 3 aliphatic heterocycles. The van der Waals surface area contributed by atoms with Crippen LogP contribution in [0.15, 0.2) is 90.2 Å². The van der Waals surface area contributed by atoms with Gasteiger partial charge in [-0.25, -0.2) is 9.18 Å². The standard InChI is InChI=1S/C36H28ClFN4O7/c37-20-3-1-19(2-4-20)36-27(32(45)42(34(36)47)40-22-7-5-21(38)6-8-22)15-26-24(10-11-25-29(26)33(46)41(31(25)44)35(39)48)30(36)18-13-17-14-23(43)9-12-28(17)49-16-18/h1-10,12,14,16,25-27,29-30,40,43H,11,13,15H2,(H2,39,48)/t25-,26+,27-,29-,30-,36+/m0/s1. The summed E-state index contributed by atoms with van der Waals surface area (Å²) in [5, 5.41) is 11.7. The molecule has 0 bridgehead atoms. The number of fused-ring (bicyclic) bond motifs is 5. The summed E-state index contributed by atoms with van der Waals surface area (Å²) in [5.74, 6) is -7.12. The van der Waals surface area contributed by atoms with Crippen LogP contribution in [0.2, 0.25) is 5.02 Å². The third kappa shape index (κ3) is 4.43. The Bertz CT molecular complexity index is 2050. The Hall–Kier alpha value is -5.49. The molecule has 3 fully saturated rings. The molecule has 4 N–H and O–H groups in total. The number of phenolic OH excluding ortho intramolecular Hbond substituents is 1. The summed E-state index contributed by atoms with van der Waals surface area (Å²) >= 11 is 6.32. The van der Waals surface area contributed by atoms with Crippen molar-refractivity contribution in [3.63, 3.8) is 0 Å². The molecular formula is C36H28ClFN4O7. The summed E-state index contributed by atoms with van der Waals surface area (Å²) in [5.41, 5.74) is 9.44. The van der Waals surface area contributed by atoms with Gasteiger partial charge in [-0.3, -0.25) is 24.6 Å². The van der Waals surface area contributed by atoms with Crippen LogP contribution in [0.3, 0.4) is 0 Å². The van der Waals surface area contributed by atoms with Crippen LogP contribution in [-0.2, 0) is 31.0 Å². The van der Waals surface area contributed by atoms with Crippen molar-refractivity contribution < 1.29 is 38.2 Å². The van der Waals surface area contributed by atoms with Gasteiger partial charge in [-0.15, -0.1) is 0 Å². The number of hydrazine groups is 1. The van der Waals surface area contributed by atoms with Gasteiger partial charge in [0, 0.05) is 22.9 Å². The van der Waals surface area contributed by atoms with Crippen LogP contribution in [0.1, 0.15) is 24.0 Å². The van der Waals surface area contributed by atoms with Crippen LogP contribution >= 0.6 is 11.6 Å². The SMILES string of the molecule is NC(=O)N1C(=O)[C@H]2[C@H](CC=C3[C@H](C4=COc5ccc(O)cc5C4)[C@]4(c5ccc(Cl)cc5)C(=O)N(Nc5ccc(F)cc5)C(=O)[C@@H]4C[C@H]32)C1=O. The first-order chi connectivity index (χ1) is 23.5. The van der Waals surface area contributed by atoms with E-state index in [2.05, 4.69) is 5.43 Å². The molecule has 3 aromatic carbocycles. The second-order valence-electron chi connectivity index (χ2n) is 13.0. The van der Waals surface area contributed by atoms with Crippen LogP contribution in [0.5, 0.6) is 11.5 Å². The lowest BCUT2D eigenvalue weighted by molar-refractivity contribution is -0.139. The summed E-state index contributed by atoms with van der Waals surface area (Å²) < 4.78 is 19.9. The lowest BCUT2D eigenvalue weighted by Gasteiger charge is -2.51. The van der Waals surface area contributed by atoms with E-state index in [1.165, 1.54) is 30.3 Å². The highest BCUT2D eigenvalue weighted by atomic mass is 35.5. The molecule has 0 radical (unpaired) electrons. The minimum atomic E-state index is -1.59. The number of aromatic hydroxyl groups is 1. The number of benzene rings is 3. The van der Waals surface area contributed by atoms with Gasteiger partial charge >= 0.3 is 6.03 Å². The Morgan fingerprint density at radius 2 is 1.71 bits per heavy atom. The molecule has 3 heterocycles. The number of hydrogen-bond acceptors (Lipinski definition) is 8. The number of ether oxygens (including phenoxy) is 1. The number of imide groups is 4. The number of phenols is 1. The zero-order valence-electron chi connectivity index (χ0n) is 25.6. The minimum Gasteiger partial charge on any atom is -0.508 e. The van der Waals surface area contributed by atoms with Crippen molar-refractivity contribution >= 4 is 46.9 Å². The Morgan fingerprint density at radius 3 is 2.43 bits per heavy atom. The second kappa shape index (κ2) is 11.0. The van der Waals surface area contributed by atoms with Gasteiger partial charge < -0.3 is 15.6 Å². The maximum absolute atomic E-state index is 15.2. The highest BCUT2D eigenvalue weighted by Crippen LogP contribution is 2.63. The van der Waals surface area contributed by atoms with Crippen LogP contribution in [0.25, 0.3) is 0 Å². The Kier molecular flexibility index (Phi) is 6.93. The van der Waals surface area contributed by atoms with Crippen LogP contribution in [-0.4, -0.2) is 44.7 Å². The van der Waals surface area contributed by atoms with Gasteiger partial charge in [-0.1, -0.05) is 35.4 Å². The molecule has 6 atom stereocenters. The molecule has 6 amide bonds. The summed E-state index contributed by atoms with van der Waals surface area (Å²) in [6, 6.07) is 15.4. The summed E-state index contributed by atoms with van der Waals surface area (Å²) in [4.78, 5) is 69.6. The van der Waals surface area contributed by atoms with Gasteiger partial charge in [0.2, 0.25) is 11.8 Å². The molecule has 13 heteroatoms. The molecule has 11 nitrogen and oxygen atoms in total. The first kappa shape index (κ1) is 30.8. The number of allylic oxidation sites excluding steroid dienone is 3. The first-order valence-electron chi connectivity index (χ1n) is 15.7. The molecule has 0 unspecified atom stereocenters. The Labute approximate surface area is 283 Å². The molecule has 0 aromatic heterocycles. The van der Waals surface area contributed by atoms with Crippen LogP contribution in [0, 0.1) is 35.4 Å². The number of urea groups is 1. The van der Waals surface area contributed by atoms with E-state index in [-0.39, 0.29) is 25.0 Å². The smallest absolute Gasteiger partial charge is 0.328 e. The number of rotatable bonds is 4. The number of likely N-dealkylation sites (tertiary alicyclic amines) is 1. The summed E-state index contributed by atoms with van der Waals surface area (Å²) in [6.45, 7) is 0. The van der Waals surface area contributed by atoms with E-state index in [1.807, 2.05) is 6.08 Å². The summed E-state index contributed by atoms with van der Waals surface area (Å²) in [6.07, 6.45) is 3.71.